The second kappa shape index (κ2) is 9.08. The van der Waals surface area contributed by atoms with Crippen molar-refractivity contribution in [1.29, 1.82) is 0 Å². The van der Waals surface area contributed by atoms with Crippen LogP contribution in [-0.2, 0) is 6.61 Å². The number of carbonyl (C=O) groups is 1. The van der Waals surface area contributed by atoms with Gasteiger partial charge in [-0.1, -0.05) is 26.0 Å². The highest BCUT2D eigenvalue weighted by atomic mass is 16.5. The monoisotopic (exact) mass is 343 g/mol. The first kappa shape index (κ1) is 18.8. The van der Waals surface area contributed by atoms with E-state index in [-0.39, 0.29) is 12.5 Å². The smallest absolute Gasteiger partial charge is 0.255 e. The van der Waals surface area contributed by atoms with Gasteiger partial charge < -0.3 is 19.9 Å². The third kappa shape index (κ3) is 5.50. The first-order chi connectivity index (χ1) is 12.0. The molecule has 0 spiro atoms. The Balaban J connectivity index is 2.09. The number of amides is 1. The van der Waals surface area contributed by atoms with E-state index in [0.717, 1.165) is 12.0 Å². The van der Waals surface area contributed by atoms with Gasteiger partial charge in [-0.05, 0) is 48.2 Å². The number of rotatable bonds is 8. The Kier molecular flexibility index (Phi) is 6.83. The summed E-state index contributed by atoms with van der Waals surface area (Å²) in [6.07, 6.45) is 0.951. The van der Waals surface area contributed by atoms with Crippen molar-refractivity contribution in [3.8, 4) is 11.5 Å². The summed E-state index contributed by atoms with van der Waals surface area (Å²) in [5.74, 6) is 1.47. The summed E-state index contributed by atoms with van der Waals surface area (Å²) in [5, 5.41) is 12.0. The second-order valence-electron chi connectivity index (χ2n) is 6.21. The van der Waals surface area contributed by atoms with Crippen LogP contribution in [0.1, 0.15) is 36.2 Å². The van der Waals surface area contributed by atoms with Gasteiger partial charge >= 0.3 is 0 Å². The number of aliphatic hydroxyl groups is 1. The fraction of sp³-hybridized carbons (Fsp3) is 0.350. The van der Waals surface area contributed by atoms with E-state index in [1.807, 2.05) is 0 Å². The van der Waals surface area contributed by atoms with Gasteiger partial charge in [-0.15, -0.1) is 0 Å². The molecule has 0 saturated carbocycles. The van der Waals surface area contributed by atoms with E-state index in [9.17, 15) is 9.90 Å². The fourth-order valence-electron chi connectivity index (χ4n) is 2.28. The van der Waals surface area contributed by atoms with Crippen molar-refractivity contribution in [3.63, 3.8) is 0 Å². The topological polar surface area (TPSA) is 67.8 Å². The van der Waals surface area contributed by atoms with Gasteiger partial charge in [0.15, 0.2) is 11.5 Å². The van der Waals surface area contributed by atoms with Gasteiger partial charge in [0.25, 0.3) is 5.91 Å². The number of nitrogens with one attached hydrogen (secondary N) is 1. The SMILES string of the molecule is COc1cc(C(=O)Nc2cccc(CO)c2)ccc1OCCC(C)C. The lowest BCUT2D eigenvalue weighted by molar-refractivity contribution is 0.102. The van der Waals surface area contributed by atoms with Crippen LogP contribution < -0.4 is 14.8 Å². The van der Waals surface area contributed by atoms with Crippen molar-refractivity contribution < 1.29 is 19.4 Å². The molecule has 0 aromatic heterocycles. The number of carbonyl (C=O) groups excluding carboxylic acids is 1. The van der Waals surface area contributed by atoms with Crippen molar-refractivity contribution in [2.24, 2.45) is 5.92 Å². The van der Waals surface area contributed by atoms with E-state index in [2.05, 4.69) is 19.2 Å². The Labute approximate surface area is 148 Å². The summed E-state index contributed by atoms with van der Waals surface area (Å²) >= 11 is 0. The Morgan fingerprint density at radius 1 is 1.16 bits per heavy atom. The van der Waals surface area contributed by atoms with Gasteiger partial charge in [-0.2, -0.15) is 0 Å². The van der Waals surface area contributed by atoms with E-state index in [4.69, 9.17) is 9.47 Å². The lowest BCUT2D eigenvalue weighted by atomic mass is 10.1. The molecule has 0 atom stereocenters. The van der Waals surface area contributed by atoms with E-state index in [1.165, 1.54) is 0 Å². The lowest BCUT2D eigenvalue weighted by Gasteiger charge is -2.13. The van der Waals surface area contributed by atoms with Gasteiger partial charge in [0, 0.05) is 11.3 Å². The van der Waals surface area contributed by atoms with Crippen molar-refractivity contribution in [3.05, 3.63) is 53.6 Å². The molecule has 5 nitrogen and oxygen atoms in total. The van der Waals surface area contributed by atoms with Crippen LogP contribution in [0.5, 0.6) is 11.5 Å². The number of ether oxygens (including phenoxy) is 2. The van der Waals surface area contributed by atoms with Gasteiger partial charge in [-0.25, -0.2) is 0 Å². The molecule has 5 heteroatoms. The standard InChI is InChI=1S/C20H25NO4/c1-14(2)9-10-25-18-8-7-16(12-19(18)24-3)20(23)21-17-6-4-5-15(11-17)13-22/h4-8,11-12,14,22H,9-10,13H2,1-3H3,(H,21,23). The van der Waals surface area contributed by atoms with Crippen LogP contribution in [0.15, 0.2) is 42.5 Å². The quantitative estimate of drug-likeness (QED) is 0.764. The number of benzene rings is 2. The molecule has 2 N–H and O–H groups in total. The molecule has 0 aliphatic carbocycles. The second-order valence-corrected chi connectivity index (χ2v) is 6.21. The van der Waals surface area contributed by atoms with Crippen molar-refractivity contribution in [2.45, 2.75) is 26.9 Å². The van der Waals surface area contributed by atoms with Gasteiger partial charge in [-0.3, -0.25) is 4.79 Å². The Bertz CT molecular complexity index is 713. The first-order valence-electron chi connectivity index (χ1n) is 8.35. The Morgan fingerprint density at radius 3 is 2.64 bits per heavy atom. The number of methoxy groups -OCH3 is 1. The van der Waals surface area contributed by atoms with Crippen LogP contribution in [0.2, 0.25) is 0 Å². The molecule has 0 radical (unpaired) electrons. The molecule has 0 heterocycles. The summed E-state index contributed by atoms with van der Waals surface area (Å²) in [4.78, 5) is 12.4. The molecular formula is C20H25NO4. The summed E-state index contributed by atoms with van der Waals surface area (Å²) in [5.41, 5.74) is 1.85. The third-order valence-electron chi connectivity index (χ3n) is 3.75. The van der Waals surface area contributed by atoms with E-state index >= 15 is 0 Å². The highest BCUT2D eigenvalue weighted by Crippen LogP contribution is 2.28. The molecule has 0 aliphatic rings. The normalized spacial score (nSPS) is 10.6. The van der Waals surface area contributed by atoms with Crippen LogP contribution in [0.25, 0.3) is 0 Å². The highest BCUT2D eigenvalue weighted by molar-refractivity contribution is 6.04. The summed E-state index contributed by atoms with van der Waals surface area (Å²) in [6.45, 7) is 4.81. The van der Waals surface area contributed by atoms with Gasteiger partial charge in [0.2, 0.25) is 0 Å². The van der Waals surface area contributed by atoms with Gasteiger partial charge in [0.05, 0.1) is 20.3 Å². The maximum atomic E-state index is 12.4. The summed E-state index contributed by atoms with van der Waals surface area (Å²) in [7, 11) is 1.55. The van der Waals surface area contributed by atoms with E-state index in [0.29, 0.717) is 35.3 Å². The average molecular weight is 343 g/mol. The lowest BCUT2D eigenvalue weighted by Crippen LogP contribution is -2.12. The Morgan fingerprint density at radius 2 is 1.96 bits per heavy atom. The molecule has 2 aromatic carbocycles. The molecule has 134 valence electrons. The zero-order valence-corrected chi connectivity index (χ0v) is 14.9. The summed E-state index contributed by atoms with van der Waals surface area (Å²) < 4.78 is 11.1. The summed E-state index contributed by atoms with van der Waals surface area (Å²) in [6, 6.07) is 12.2. The fourth-order valence-corrected chi connectivity index (χ4v) is 2.28. The van der Waals surface area contributed by atoms with E-state index < -0.39 is 0 Å². The molecule has 2 rings (SSSR count). The molecule has 25 heavy (non-hydrogen) atoms. The molecular weight excluding hydrogens is 318 g/mol. The largest absolute Gasteiger partial charge is 0.493 e. The molecule has 0 saturated heterocycles. The average Bonchev–Trinajstić information content (AvgIpc) is 2.61. The van der Waals surface area contributed by atoms with Crippen molar-refractivity contribution >= 4 is 11.6 Å². The molecule has 0 unspecified atom stereocenters. The van der Waals surface area contributed by atoms with Crippen LogP contribution in [0, 0.1) is 5.92 Å². The van der Waals surface area contributed by atoms with Crippen LogP contribution in [-0.4, -0.2) is 24.7 Å². The predicted octanol–water partition coefficient (Wildman–Crippen LogP) is 3.86. The minimum absolute atomic E-state index is 0.0695. The number of aliphatic hydroxyl groups excluding tert-OH is 1. The first-order valence-corrected chi connectivity index (χ1v) is 8.35. The van der Waals surface area contributed by atoms with E-state index in [1.54, 1.807) is 49.6 Å². The molecule has 0 bridgehead atoms. The Hall–Kier alpha value is -2.53. The molecule has 2 aromatic rings. The molecule has 1 amide bonds. The highest BCUT2D eigenvalue weighted by Gasteiger charge is 2.12. The minimum atomic E-state index is -0.248. The maximum absolute atomic E-state index is 12.4. The predicted molar refractivity (Wildman–Crippen MR) is 98.3 cm³/mol. The number of hydrogen-bond donors (Lipinski definition) is 2. The molecule has 0 fully saturated rings. The third-order valence-corrected chi connectivity index (χ3v) is 3.75. The number of anilines is 1. The van der Waals surface area contributed by atoms with Crippen molar-refractivity contribution in [2.75, 3.05) is 19.0 Å². The van der Waals surface area contributed by atoms with Crippen LogP contribution >= 0.6 is 0 Å². The molecule has 0 aliphatic heterocycles. The zero-order chi connectivity index (χ0) is 18.2. The van der Waals surface area contributed by atoms with Gasteiger partial charge in [0.1, 0.15) is 0 Å². The minimum Gasteiger partial charge on any atom is -0.493 e. The number of hydrogen-bond acceptors (Lipinski definition) is 4. The van der Waals surface area contributed by atoms with Crippen LogP contribution in [0.4, 0.5) is 5.69 Å². The van der Waals surface area contributed by atoms with Crippen molar-refractivity contribution in [1.82, 2.24) is 0 Å². The van der Waals surface area contributed by atoms with Crippen LogP contribution in [0.3, 0.4) is 0 Å². The zero-order valence-electron chi connectivity index (χ0n) is 14.9. The maximum Gasteiger partial charge on any atom is 0.255 e.